The van der Waals surface area contributed by atoms with Gasteiger partial charge in [-0.1, -0.05) is 30.3 Å². The number of guanidine groups is 1. The second-order valence-corrected chi connectivity index (χ2v) is 5.78. The van der Waals surface area contributed by atoms with Crippen LogP contribution in [0.15, 0.2) is 47.6 Å². The van der Waals surface area contributed by atoms with Crippen LogP contribution in [0.4, 0.5) is 0 Å². The molecule has 1 heterocycles. The number of aromatic nitrogens is 1. The van der Waals surface area contributed by atoms with Crippen LogP contribution < -0.4 is 15.4 Å². The maximum absolute atomic E-state index is 5.67. The number of aryl methyl sites for hydroxylation is 1. The zero-order chi connectivity index (χ0) is 18.6. The Kier molecular flexibility index (Phi) is 8.42. The summed E-state index contributed by atoms with van der Waals surface area (Å²) in [7, 11) is 1.65. The normalized spacial score (nSPS) is 11.3. The molecule has 1 aromatic carbocycles. The Labute approximate surface area is 155 Å². The highest BCUT2D eigenvalue weighted by Crippen LogP contribution is 2.15. The summed E-state index contributed by atoms with van der Waals surface area (Å²) in [5, 5.41) is 6.65. The molecule has 0 aliphatic rings. The molecule has 0 aliphatic heterocycles. The predicted octanol–water partition coefficient (Wildman–Crippen LogP) is 2.67. The van der Waals surface area contributed by atoms with Crippen LogP contribution >= 0.6 is 0 Å². The molecule has 0 saturated carbocycles. The van der Waals surface area contributed by atoms with Gasteiger partial charge in [0.1, 0.15) is 6.61 Å². The first-order chi connectivity index (χ1) is 12.7. The second-order valence-electron chi connectivity index (χ2n) is 5.78. The van der Waals surface area contributed by atoms with Crippen molar-refractivity contribution in [2.45, 2.75) is 26.9 Å². The summed E-state index contributed by atoms with van der Waals surface area (Å²) in [5.74, 6) is 1.37. The lowest BCUT2D eigenvalue weighted by molar-refractivity contribution is 0.143. The van der Waals surface area contributed by atoms with Gasteiger partial charge in [-0.15, -0.1) is 0 Å². The van der Waals surface area contributed by atoms with E-state index in [9.17, 15) is 0 Å². The van der Waals surface area contributed by atoms with Crippen molar-refractivity contribution in [1.29, 1.82) is 0 Å². The van der Waals surface area contributed by atoms with E-state index in [1.165, 1.54) is 11.1 Å². The van der Waals surface area contributed by atoms with Gasteiger partial charge in [-0.3, -0.25) is 0 Å². The predicted molar refractivity (Wildman–Crippen MR) is 104 cm³/mol. The monoisotopic (exact) mass is 356 g/mol. The molecular formula is C20H28N4O2. The summed E-state index contributed by atoms with van der Waals surface area (Å²) in [6.07, 6.45) is 1.72. The minimum atomic E-state index is 0.468. The summed E-state index contributed by atoms with van der Waals surface area (Å²) in [6, 6.07) is 12.2. The van der Waals surface area contributed by atoms with E-state index in [1.807, 2.05) is 31.2 Å². The standard InChI is InChI=1S/C20H28N4O2/c1-4-21-20(23-14-17-9-6-5-8-16(17)2)24-15-18-10-7-11-22-19(18)26-13-12-25-3/h5-11H,4,12-15H2,1-3H3,(H2,21,23,24). The average molecular weight is 356 g/mol. The van der Waals surface area contributed by atoms with Crippen molar-refractivity contribution in [2.75, 3.05) is 26.9 Å². The Morgan fingerprint density at radius 1 is 1.08 bits per heavy atom. The highest BCUT2D eigenvalue weighted by molar-refractivity contribution is 5.79. The van der Waals surface area contributed by atoms with Gasteiger partial charge in [0.25, 0.3) is 0 Å². The number of methoxy groups -OCH3 is 1. The van der Waals surface area contributed by atoms with E-state index in [2.05, 4.69) is 39.7 Å². The molecule has 0 aliphatic carbocycles. The number of hydrogen-bond donors (Lipinski definition) is 2. The second kappa shape index (κ2) is 11.1. The van der Waals surface area contributed by atoms with Gasteiger partial charge in [0.15, 0.2) is 5.96 Å². The first-order valence-corrected chi connectivity index (χ1v) is 8.87. The van der Waals surface area contributed by atoms with E-state index in [-0.39, 0.29) is 0 Å². The van der Waals surface area contributed by atoms with Crippen LogP contribution in [-0.4, -0.2) is 37.8 Å². The number of nitrogens with one attached hydrogen (secondary N) is 2. The minimum absolute atomic E-state index is 0.468. The lowest BCUT2D eigenvalue weighted by atomic mass is 10.1. The minimum Gasteiger partial charge on any atom is -0.475 e. The van der Waals surface area contributed by atoms with Gasteiger partial charge in [-0.25, -0.2) is 9.98 Å². The molecule has 2 rings (SSSR count). The fraction of sp³-hybridized carbons (Fsp3) is 0.400. The van der Waals surface area contributed by atoms with Gasteiger partial charge < -0.3 is 20.1 Å². The van der Waals surface area contributed by atoms with Gasteiger partial charge in [-0.05, 0) is 31.0 Å². The van der Waals surface area contributed by atoms with Gasteiger partial charge in [0.05, 0.1) is 13.2 Å². The quantitative estimate of drug-likeness (QED) is 0.411. The van der Waals surface area contributed by atoms with E-state index < -0.39 is 0 Å². The van der Waals surface area contributed by atoms with Crippen molar-refractivity contribution in [3.63, 3.8) is 0 Å². The molecule has 0 radical (unpaired) electrons. The number of rotatable bonds is 9. The largest absolute Gasteiger partial charge is 0.475 e. The van der Waals surface area contributed by atoms with Crippen molar-refractivity contribution in [3.05, 3.63) is 59.3 Å². The fourth-order valence-corrected chi connectivity index (χ4v) is 2.39. The average Bonchev–Trinajstić information content (AvgIpc) is 2.66. The van der Waals surface area contributed by atoms with Crippen molar-refractivity contribution >= 4 is 5.96 Å². The number of benzene rings is 1. The molecule has 140 valence electrons. The van der Waals surface area contributed by atoms with Crippen molar-refractivity contribution in [3.8, 4) is 5.88 Å². The number of ether oxygens (including phenoxy) is 2. The summed E-state index contributed by atoms with van der Waals surface area (Å²) < 4.78 is 10.7. The number of nitrogens with zero attached hydrogens (tertiary/aromatic N) is 2. The molecule has 6 nitrogen and oxygen atoms in total. The molecule has 0 saturated heterocycles. The first-order valence-electron chi connectivity index (χ1n) is 8.87. The molecule has 0 unspecified atom stereocenters. The van der Waals surface area contributed by atoms with E-state index in [1.54, 1.807) is 13.3 Å². The lowest BCUT2D eigenvalue weighted by Gasteiger charge is -2.13. The molecular weight excluding hydrogens is 328 g/mol. The van der Waals surface area contributed by atoms with E-state index >= 15 is 0 Å². The Morgan fingerprint density at radius 3 is 2.65 bits per heavy atom. The van der Waals surface area contributed by atoms with E-state index in [0.717, 1.165) is 24.6 Å². The summed E-state index contributed by atoms with van der Waals surface area (Å²) >= 11 is 0. The van der Waals surface area contributed by atoms with Crippen LogP contribution in [0.3, 0.4) is 0 Å². The Morgan fingerprint density at radius 2 is 1.88 bits per heavy atom. The van der Waals surface area contributed by atoms with Crippen LogP contribution in [0, 0.1) is 6.92 Å². The zero-order valence-corrected chi connectivity index (χ0v) is 15.8. The molecule has 0 bridgehead atoms. The van der Waals surface area contributed by atoms with Crippen LogP contribution in [0.25, 0.3) is 0 Å². The van der Waals surface area contributed by atoms with E-state index in [0.29, 0.717) is 25.6 Å². The molecule has 0 spiro atoms. The maximum atomic E-state index is 5.67. The summed E-state index contributed by atoms with van der Waals surface area (Å²) in [6.45, 7) is 7.16. The maximum Gasteiger partial charge on any atom is 0.218 e. The molecule has 26 heavy (non-hydrogen) atoms. The number of aliphatic imine (C=N–C) groups is 1. The van der Waals surface area contributed by atoms with Crippen molar-refractivity contribution < 1.29 is 9.47 Å². The van der Waals surface area contributed by atoms with Gasteiger partial charge in [0, 0.05) is 32.0 Å². The highest BCUT2D eigenvalue weighted by Gasteiger charge is 2.06. The third-order valence-corrected chi connectivity index (χ3v) is 3.84. The Hall–Kier alpha value is -2.60. The molecule has 0 atom stereocenters. The Balaban J connectivity index is 2.01. The molecule has 2 aromatic rings. The summed E-state index contributed by atoms with van der Waals surface area (Å²) in [4.78, 5) is 8.95. The van der Waals surface area contributed by atoms with Gasteiger partial charge >= 0.3 is 0 Å². The lowest BCUT2D eigenvalue weighted by Crippen LogP contribution is -2.36. The first kappa shape index (κ1) is 19.7. The van der Waals surface area contributed by atoms with Crippen LogP contribution in [0.1, 0.15) is 23.6 Å². The SMILES string of the molecule is CCNC(=NCc1cccnc1OCCOC)NCc1ccccc1C. The van der Waals surface area contributed by atoms with Gasteiger partial charge in [-0.2, -0.15) is 0 Å². The number of hydrogen-bond acceptors (Lipinski definition) is 4. The smallest absolute Gasteiger partial charge is 0.218 e. The van der Waals surface area contributed by atoms with Crippen LogP contribution in [0.5, 0.6) is 5.88 Å². The van der Waals surface area contributed by atoms with Crippen LogP contribution in [-0.2, 0) is 17.8 Å². The zero-order valence-electron chi connectivity index (χ0n) is 15.8. The van der Waals surface area contributed by atoms with Crippen LogP contribution in [0.2, 0.25) is 0 Å². The third-order valence-electron chi connectivity index (χ3n) is 3.84. The summed E-state index contributed by atoms with van der Waals surface area (Å²) in [5.41, 5.74) is 3.46. The van der Waals surface area contributed by atoms with Crippen molar-refractivity contribution in [2.24, 2.45) is 4.99 Å². The topological polar surface area (TPSA) is 67.8 Å². The molecule has 2 N–H and O–H groups in total. The third kappa shape index (κ3) is 6.37. The molecule has 0 amide bonds. The molecule has 1 aromatic heterocycles. The van der Waals surface area contributed by atoms with Gasteiger partial charge in [0.2, 0.25) is 5.88 Å². The van der Waals surface area contributed by atoms with E-state index in [4.69, 9.17) is 9.47 Å². The van der Waals surface area contributed by atoms with Crippen molar-refractivity contribution in [1.82, 2.24) is 15.6 Å². The molecule has 0 fully saturated rings. The fourth-order valence-electron chi connectivity index (χ4n) is 2.39. The molecule has 6 heteroatoms. The Bertz CT molecular complexity index is 704. The highest BCUT2D eigenvalue weighted by atomic mass is 16.5. The number of pyridine rings is 1.